The normalized spacial score (nSPS) is 14.4. The number of non-ortho nitro benzene ring substituents is 1. The second-order valence-electron chi connectivity index (χ2n) is 7.68. The van der Waals surface area contributed by atoms with Gasteiger partial charge in [-0.1, -0.05) is 31.4 Å². The van der Waals surface area contributed by atoms with E-state index in [1.54, 1.807) is 24.0 Å². The average molecular weight is 438 g/mol. The molecule has 1 aliphatic rings. The first kappa shape index (κ1) is 21.0. The number of hydrogen-bond acceptors (Lipinski definition) is 6. The van der Waals surface area contributed by atoms with Crippen molar-refractivity contribution in [2.45, 2.75) is 48.1 Å². The molecule has 1 saturated carbocycles. The Balaban J connectivity index is 1.55. The van der Waals surface area contributed by atoms with Crippen molar-refractivity contribution in [1.82, 2.24) is 14.8 Å². The lowest BCUT2D eigenvalue weighted by Crippen LogP contribution is -2.14. The Morgan fingerprint density at radius 3 is 2.55 bits per heavy atom. The predicted octanol–water partition coefficient (Wildman–Crippen LogP) is 5.17. The van der Waals surface area contributed by atoms with Crippen LogP contribution in [0.15, 0.2) is 58.8 Å². The largest absolute Gasteiger partial charge is 0.322 e. The first-order valence-corrected chi connectivity index (χ1v) is 11.0. The monoisotopic (exact) mass is 437 g/mol. The van der Waals surface area contributed by atoms with E-state index < -0.39 is 10.8 Å². The number of nitrogens with zero attached hydrogens (tertiary/aromatic N) is 4. The Morgan fingerprint density at radius 2 is 1.90 bits per heavy atom. The number of aromatic nitrogens is 3. The number of rotatable bonds is 6. The van der Waals surface area contributed by atoms with E-state index in [0.29, 0.717) is 21.7 Å². The van der Waals surface area contributed by atoms with Crippen molar-refractivity contribution >= 4 is 29.0 Å². The number of nitro groups is 1. The standard InChI is InChI=1S/C22H23N5O3S/c1-26-14-23-25-22(26)31-20-12-11-18(27(29)30)13-19(20)21(28)24-17-9-7-16(8-10-17)15-5-3-2-4-6-15/h7-15H,2-6H2,1H3,(H,24,28). The lowest BCUT2D eigenvalue weighted by atomic mass is 9.84. The van der Waals surface area contributed by atoms with Crippen LogP contribution in [0.5, 0.6) is 0 Å². The van der Waals surface area contributed by atoms with E-state index in [2.05, 4.69) is 27.6 Å². The molecule has 0 radical (unpaired) electrons. The summed E-state index contributed by atoms with van der Waals surface area (Å²) in [7, 11) is 1.79. The average Bonchev–Trinajstić information content (AvgIpc) is 3.19. The molecule has 31 heavy (non-hydrogen) atoms. The van der Waals surface area contributed by atoms with Crippen LogP contribution >= 0.6 is 11.8 Å². The van der Waals surface area contributed by atoms with Crippen LogP contribution in [0.4, 0.5) is 11.4 Å². The van der Waals surface area contributed by atoms with Gasteiger partial charge in [-0.05, 0) is 54.3 Å². The zero-order valence-corrected chi connectivity index (χ0v) is 18.0. The van der Waals surface area contributed by atoms with Gasteiger partial charge in [0.15, 0.2) is 5.16 Å². The lowest BCUT2D eigenvalue weighted by Gasteiger charge is -2.22. The van der Waals surface area contributed by atoms with Crippen LogP contribution in [0.3, 0.4) is 0 Å². The number of hydrogen-bond donors (Lipinski definition) is 1. The van der Waals surface area contributed by atoms with Crippen LogP contribution in [0.25, 0.3) is 0 Å². The lowest BCUT2D eigenvalue weighted by molar-refractivity contribution is -0.384. The minimum Gasteiger partial charge on any atom is -0.322 e. The summed E-state index contributed by atoms with van der Waals surface area (Å²) >= 11 is 1.23. The van der Waals surface area contributed by atoms with E-state index in [9.17, 15) is 14.9 Å². The number of nitrogens with one attached hydrogen (secondary N) is 1. The number of aryl methyl sites for hydroxylation is 1. The van der Waals surface area contributed by atoms with Gasteiger partial charge in [0, 0.05) is 29.8 Å². The Hall–Kier alpha value is -3.20. The molecule has 1 aromatic heterocycles. The van der Waals surface area contributed by atoms with Crippen molar-refractivity contribution < 1.29 is 9.72 Å². The third-order valence-corrected chi connectivity index (χ3v) is 6.66. The molecule has 1 N–H and O–H groups in total. The number of amides is 1. The van der Waals surface area contributed by atoms with Crippen LogP contribution in [0.2, 0.25) is 0 Å². The summed E-state index contributed by atoms with van der Waals surface area (Å²) in [6.07, 6.45) is 7.82. The first-order valence-electron chi connectivity index (χ1n) is 10.2. The van der Waals surface area contributed by atoms with Crippen molar-refractivity contribution in [2.24, 2.45) is 7.05 Å². The molecule has 0 bridgehead atoms. The van der Waals surface area contributed by atoms with E-state index in [4.69, 9.17) is 0 Å². The fourth-order valence-electron chi connectivity index (χ4n) is 3.83. The third-order valence-electron chi connectivity index (χ3n) is 5.53. The van der Waals surface area contributed by atoms with Gasteiger partial charge in [-0.15, -0.1) is 10.2 Å². The zero-order valence-electron chi connectivity index (χ0n) is 17.2. The molecular weight excluding hydrogens is 414 g/mol. The van der Waals surface area contributed by atoms with Gasteiger partial charge < -0.3 is 9.88 Å². The second kappa shape index (κ2) is 9.30. The summed E-state index contributed by atoms with van der Waals surface area (Å²) in [5, 5.41) is 22.6. The summed E-state index contributed by atoms with van der Waals surface area (Å²) in [6.45, 7) is 0. The molecular formula is C22H23N5O3S. The smallest absolute Gasteiger partial charge is 0.270 e. The summed E-state index contributed by atoms with van der Waals surface area (Å²) in [5.74, 6) is 0.184. The minimum absolute atomic E-state index is 0.139. The summed E-state index contributed by atoms with van der Waals surface area (Å²) in [4.78, 5) is 24.3. The van der Waals surface area contributed by atoms with Crippen molar-refractivity contribution in [1.29, 1.82) is 0 Å². The Bertz CT molecular complexity index is 1090. The molecule has 2 aromatic carbocycles. The van der Waals surface area contributed by atoms with Gasteiger partial charge in [-0.2, -0.15) is 0 Å². The van der Waals surface area contributed by atoms with Gasteiger partial charge in [0.1, 0.15) is 6.33 Å². The summed E-state index contributed by atoms with van der Waals surface area (Å²) in [6, 6.07) is 12.2. The van der Waals surface area contributed by atoms with E-state index in [-0.39, 0.29) is 11.3 Å². The van der Waals surface area contributed by atoms with E-state index in [1.165, 1.54) is 61.6 Å². The molecule has 8 nitrogen and oxygen atoms in total. The predicted molar refractivity (Wildman–Crippen MR) is 118 cm³/mol. The summed E-state index contributed by atoms with van der Waals surface area (Å²) < 4.78 is 1.72. The number of anilines is 1. The Labute approximate surface area is 184 Å². The summed E-state index contributed by atoms with van der Waals surface area (Å²) in [5.41, 5.74) is 2.04. The Kier molecular flexibility index (Phi) is 6.31. The highest BCUT2D eigenvalue weighted by atomic mass is 32.2. The maximum Gasteiger partial charge on any atom is 0.270 e. The minimum atomic E-state index is -0.507. The van der Waals surface area contributed by atoms with E-state index in [1.807, 2.05) is 12.1 Å². The van der Waals surface area contributed by atoms with Crippen LogP contribution in [0.1, 0.15) is 53.9 Å². The highest BCUT2D eigenvalue weighted by Crippen LogP contribution is 2.34. The molecule has 1 aliphatic carbocycles. The maximum absolute atomic E-state index is 13.0. The van der Waals surface area contributed by atoms with Crippen LogP contribution in [-0.4, -0.2) is 25.6 Å². The molecule has 0 spiro atoms. The van der Waals surface area contributed by atoms with E-state index >= 15 is 0 Å². The highest BCUT2D eigenvalue weighted by Gasteiger charge is 2.20. The van der Waals surface area contributed by atoms with Crippen LogP contribution in [0, 0.1) is 10.1 Å². The molecule has 160 valence electrons. The second-order valence-corrected chi connectivity index (χ2v) is 8.68. The number of benzene rings is 2. The highest BCUT2D eigenvalue weighted by molar-refractivity contribution is 7.99. The van der Waals surface area contributed by atoms with Crippen molar-refractivity contribution in [3.63, 3.8) is 0 Å². The third kappa shape index (κ3) is 4.93. The van der Waals surface area contributed by atoms with Gasteiger partial charge in [0.2, 0.25) is 0 Å². The first-order chi connectivity index (χ1) is 15.0. The van der Waals surface area contributed by atoms with Gasteiger partial charge in [0.25, 0.3) is 11.6 Å². The van der Waals surface area contributed by atoms with E-state index in [0.717, 1.165) is 0 Å². The number of carbonyl (C=O) groups excluding carboxylic acids is 1. The fourth-order valence-corrected chi connectivity index (χ4v) is 4.71. The molecule has 1 amide bonds. The van der Waals surface area contributed by atoms with Crippen molar-refractivity contribution in [3.8, 4) is 0 Å². The topological polar surface area (TPSA) is 103 Å². The van der Waals surface area contributed by atoms with Gasteiger partial charge >= 0.3 is 0 Å². The quantitative estimate of drug-likeness (QED) is 0.421. The van der Waals surface area contributed by atoms with Gasteiger partial charge in [0.05, 0.1) is 10.5 Å². The Morgan fingerprint density at radius 1 is 1.16 bits per heavy atom. The van der Waals surface area contributed by atoms with Gasteiger partial charge in [-0.3, -0.25) is 14.9 Å². The molecule has 0 atom stereocenters. The number of nitro benzene ring substituents is 1. The number of carbonyl (C=O) groups is 1. The SMILES string of the molecule is Cn1cnnc1Sc1ccc([N+](=O)[O-])cc1C(=O)Nc1ccc(C2CCCCC2)cc1. The zero-order chi connectivity index (χ0) is 21.8. The van der Waals surface area contributed by atoms with Crippen LogP contribution < -0.4 is 5.32 Å². The molecule has 4 rings (SSSR count). The molecule has 1 heterocycles. The molecule has 0 aliphatic heterocycles. The van der Waals surface area contributed by atoms with Gasteiger partial charge in [-0.25, -0.2) is 0 Å². The van der Waals surface area contributed by atoms with Crippen molar-refractivity contribution in [2.75, 3.05) is 5.32 Å². The molecule has 1 fully saturated rings. The fraction of sp³-hybridized carbons (Fsp3) is 0.318. The maximum atomic E-state index is 13.0. The molecule has 0 unspecified atom stereocenters. The van der Waals surface area contributed by atoms with Crippen molar-refractivity contribution in [3.05, 3.63) is 70.0 Å². The molecule has 3 aromatic rings. The van der Waals surface area contributed by atoms with Crippen LogP contribution in [-0.2, 0) is 7.05 Å². The molecule has 0 saturated heterocycles. The molecule has 9 heteroatoms.